The zero-order valence-electron chi connectivity index (χ0n) is 9.30. The van der Waals surface area contributed by atoms with Gasteiger partial charge in [-0.1, -0.05) is 30.3 Å². The topological polar surface area (TPSA) is 74.6 Å². The molecule has 0 aromatic heterocycles. The predicted octanol–water partition coefficient (Wildman–Crippen LogP) is 1.02. The quantitative estimate of drug-likeness (QED) is 0.615. The van der Waals surface area contributed by atoms with Crippen LogP contribution in [-0.4, -0.2) is 73.5 Å². The molecule has 0 unspecified atom stereocenters. The maximum Gasteiger partial charge on any atom is 0.321 e. The molecule has 0 amide bonds. The fraction of sp³-hybridized carbons (Fsp3) is 0.273. The summed E-state index contributed by atoms with van der Waals surface area (Å²) < 4.78 is 0. The minimum atomic E-state index is -1.76. The van der Waals surface area contributed by atoms with Crippen LogP contribution in [-0.2, 0) is 16.0 Å². The summed E-state index contributed by atoms with van der Waals surface area (Å²) in [5.41, 5.74) is -1.06. The van der Waals surface area contributed by atoms with E-state index in [4.69, 9.17) is 10.2 Å². The van der Waals surface area contributed by atoms with Gasteiger partial charge in [-0.3, -0.25) is 9.59 Å². The summed E-state index contributed by atoms with van der Waals surface area (Å²) >= 11 is 0. The van der Waals surface area contributed by atoms with Crippen LogP contribution in [0.25, 0.3) is 0 Å². The summed E-state index contributed by atoms with van der Waals surface area (Å²) in [4.78, 5) is 21.8. The number of hydrogen-bond acceptors (Lipinski definition) is 2. The predicted molar refractivity (Wildman–Crippen MR) is 59.3 cm³/mol. The molecule has 0 heterocycles. The van der Waals surface area contributed by atoms with E-state index in [0.29, 0.717) is 5.56 Å². The fourth-order valence-electron chi connectivity index (χ4n) is 1.25. The molecule has 0 aliphatic rings. The minimum Gasteiger partial charge on any atom is -0.480 e. The van der Waals surface area contributed by atoms with Crippen molar-refractivity contribution in [2.45, 2.75) is 13.3 Å². The summed E-state index contributed by atoms with van der Waals surface area (Å²) in [5, 5.41) is 17.8. The van der Waals surface area contributed by atoms with Gasteiger partial charge in [0, 0.05) is 51.4 Å². The smallest absolute Gasteiger partial charge is 0.321 e. The van der Waals surface area contributed by atoms with Crippen molar-refractivity contribution in [2.75, 3.05) is 0 Å². The van der Waals surface area contributed by atoms with E-state index in [9.17, 15) is 9.59 Å². The monoisotopic (exact) mass is 247 g/mol. The molecule has 0 aliphatic carbocycles. The Labute approximate surface area is 136 Å². The van der Waals surface area contributed by atoms with Gasteiger partial charge >= 0.3 is 11.9 Å². The van der Waals surface area contributed by atoms with Crippen LogP contribution in [0.3, 0.4) is 0 Å². The second-order valence-electron chi connectivity index (χ2n) is 3.60. The molecule has 0 atom stereocenters. The van der Waals surface area contributed by atoms with Gasteiger partial charge in [-0.05, 0) is 18.9 Å². The van der Waals surface area contributed by atoms with Gasteiger partial charge in [0.05, 0.1) is 0 Å². The SMILES string of the molecule is CC(Cc1ccccc1)(C(=O)O)C(=O)O.[K]. The van der Waals surface area contributed by atoms with Gasteiger partial charge in [0.1, 0.15) is 0 Å². The van der Waals surface area contributed by atoms with Gasteiger partial charge in [-0.2, -0.15) is 0 Å². The van der Waals surface area contributed by atoms with E-state index < -0.39 is 17.4 Å². The van der Waals surface area contributed by atoms with Crippen molar-refractivity contribution in [3.8, 4) is 0 Å². The number of carbonyl (C=O) groups is 2. The largest absolute Gasteiger partial charge is 0.480 e. The van der Waals surface area contributed by atoms with Crippen LogP contribution in [0.5, 0.6) is 0 Å². The van der Waals surface area contributed by atoms with Crippen molar-refractivity contribution in [1.82, 2.24) is 0 Å². The molecule has 0 fully saturated rings. The number of carboxylic acids is 2. The normalized spacial score (nSPS) is 10.3. The Morgan fingerprint density at radius 3 is 1.94 bits per heavy atom. The first-order chi connectivity index (χ1) is 6.97. The van der Waals surface area contributed by atoms with Crippen LogP contribution >= 0.6 is 0 Å². The maximum atomic E-state index is 10.9. The summed E-state index contributed by atoms with van der Waals surface area (Å²) in [7, 11) is 0. The summed E-state index contributed by atoms with van der Waals surface area (Å²) in [6.45, 7) is 1.21. The number of rotatable bonds is 4. The van der Waals surface area contributed by atoms with Crippen molar-refractivity contribution in [2.24, 2.45) is 5.41 Å². The zero-order valence-corrected chi connectivity index (χ0v) is 12.4. The first-order valence-corrected chi connectivity index (χ1v) is 4.47. The molecule has 81 valence electrons. The first-order valence-electron chi connectivity index (χ1n) is 4.47. The molecule has 1 aromatic rings. The van der Waals surface area contributed by atoms with Gasteiger partial charge in [0.15, 0.2) is 5.41 Å². The van der Waals surface area contributed by atoms with E-state index in [1.807, 2.05) is 0 Å². The molecule has 0 saturated heterocycles. The minimum absolute atomic E-state index is 0. The molecule has 0 saturated carbocycles. The van der Waals surface area contributed by atoms with Crippen LogP contribution in [0, 0.1) is 5.41 Å². The van der Waals surface area contributed by atoms with Gasteiger partial charge < -0.3 is 10.2 Å². The molecule has 0 spiro atoms. The second kappa shape index (κ2) is 6.51. The van der Waals surface area contributed by atoms with E-state index in [0.717, 1.165) is 0 Å². The van der Waals surface area contributed by atoms with Gasteiger partial charge in [0.2, 0.25) is 0 Å². The summed E-state index contributed by atoms with van der Waals surface area (Å²) in [6.07, 6.45) is -0.0154. The Morgan fingerprint density at radius 1 is 1.12 bits per heavy atom. The molecule has 2 N–H and O–H groups in total. The van der Waals surface area contributed by atoms with Crippen LogP contribution < -0.4 is 0 Å². The van der Waals surface area contributed by atoms with E-state index in [1.165, 1.54) is 6.92 Å². The Bertz CT molecular complexity index is 361. The Hall–Kier alpha value is -0.204. The number of carboxylic acid groups (broad SMARTS) is 2. The molecule has 4 nitrogen and oxygen atoms in total. The van der Waals surface area contributed by atoms with Crippen molar-refractivity contribution in [1.29, 1.82) is 0 Å². The third-order valence-corrected chi connectivity index (χ3v) is 2.34. The molecular weight excluding hydrogens is 235 g/mol. The van der Waals surface area contributed by atoms with Gasteiger partial charge in [-0.25, -0.2) is 0 Å². The third-order valence-electron chi connectivity index (χ3n) is 2.34. The molecule has 0 bridgehead atoms. The van der Waals surface area contributed by atoms with Crippen molar-refractivity contribution < 1.29 is 19.8 Å². The van der Waals surface area contributed by atoms with Crippen molar-refractivity contribution >= 4 is 63.3 Å². The average molecular weight is 247 g/mol. The van der Waals surface area contributed by atoms with E-state index in [1.54, 1.807) is 30.3 Å². The maximum absolute atomic E-state index is 10.9. The van der Waals surface area contributed by atoms with Gasteiger partial charge in [0.25, 0.3) is 0 Å². The Morgan fingerprint density at radius 2 is 1.56 bits per heavy atom. The van der Waals surface area contributed by atoms with Crippen LogP contribution in [0.2, 0.25) is 0 Å². The number of aliphatic carboxylic acids is 2. The average Bonchev–Trinajstić information content (AvgIpc) is 2.18. The molecule has 0 aliphatic heterocycles. The summed E-state index contributed by atoms with van der Waals surface area (Å²) in [6, 6.07) is 8.72. The van der Waals surface area contributed by atoms with Crippen molar-refractivity contribution in [3.63, 3.8) is 0 Å². The van der Waals surface area contributed by atoms with Gasteiger partial charge in [-0.15, -0.1) is 0 Å². The number of benzene rings is 1. The molecule has 1 rings (SSSR count). The first kappa shape index (κ1) is 15.8. The Kier molecular flexibility index (Phi) is 6.43. The number of hydrogen-bond donors (Lipinski definition) is 2. The van der Waals surface area contributed by atoms with E-state index in [2.05, 4.69) is 0 Å². The second-order valence-corrected chi connectivity index (χ2v) is 3.60. The Balaban J connectivity index is 0.00000225. The standard InChI is InChI=1S/C11H12O4.K/c1-11(9(12)13,10(14)15)7-8-5-3-2-4-6-8;/h2-6H,7H2,1H3,(H,12,13)(H,14,15);. The van der Waals surface area contributed by atoms with Crippen LogP contribution in [0.4, 0.5) is 0 Å². The van der Waals surface area contributed by atoms with Crippen LogP contribution in [0.15, 0.2) is 30.3 Å². The molecule has 5 heteroatoms. The fourth-order valence-corrected chi connectivity index (χ4v) is 1.25. The van der Waals surface area contributed by atoms with E-state index in [-0.39, 0.29) is 57.8 Å². The zero-order chi connectivity index (χ0) is 11.5. The molecule has 16 heavy (non-hydrogen) atoms. The third kappa shape index (κ3) is 3.67. The van der Waals surface area contributed by atoms with E-state index >= 15 is 0 Å². The molecular formula is C11H12KO4. The molecule has 1 aromatic carbocycles. The van der Waals surface area contributed by atoms with Crippen LogP contribution in [0.1, 0.15) is 12.5 Å². The molecule has 1 radical (unpaired) electrons. The van der Waals surface area contributed by atoms with Crippen molar-refractivity contribution in [3.05, 3.63) is 35.9 Å². The summed E-state index contributed by atoms with van der Waals surface area (Å²) in [5.74, 6) is -2.64.